The Morgan fingerprint density at radius 3 is 2.35 bits per heavy atom. The molecule has 1 atom stereocenters. The van der Waals surface area contributed by atoms with Crippen molar-refractivity contribution in [2.75, 3.05) is 6.54 Å². The molecule has 2 rings (SSSR count). The van der Waals surface area contributed by atoms with Gasteiger partial charge in [0.2, 0.25) is 0 Å². The molecule has 1 aliphatic rings. The third kappa shape index (κ3) is 2.60. The van der Waals surface area contributed by atoms with E-state index in [0.717, 1.165) is 18.6 Å². The third-order valence-corrected chi connectivity index (χ3v) is 3.37. The maximum Gasteiger partial charge on any atom is 0.150 e. The van der Waals surface area contributed by atoms with Gasteiger partial charge in [0.05, 0.1) is 6.10 Å². The molecule has 0 aromatic heterocycles. The van der Waals surface area contributed by atoms with Crippen molar-refractivity contribution in [2.24, 2.45) is 11.7 Å². The van der Waals surface area contributed by atoms with Crippen molar-refractivity contribution in [3.8, 4) is 5.75 Å². The number of benzene rings is 1. The number of rotatable bonds is 5. The van der Waals surface area contributed by atoms with Crippen molar-refractivity contribution in [2.45, 2.75) is 38.5 Å². The van der Waals surface area contributed by atoms with Gasteiger partial charge in [0.15, 0.2) is 0 Å². The minimum Gasteiger partial charge on any atom is -0.490 e. The number of ether oxygens (including phenoxy) is 1. The first kappa shape index (κ1) is 12.4. The predicted octanol–water partition coefficient (Wildman–Crippen LogP) is 3.01. The summed E-state index contributed by atoms with van der Waals surface area (Å²) in [6.45, 7) is 3.70. The molecule has 0 spiro atoms. The second kappa shape index (κ2) is 4.65. The number of hydrogen-bond acceptors (Lipinski definition) is 2. The maximum atomic E-state index is 14.6. The molecule has 1 fully saturated rings. The van der Waals surface area contributed by atoms with Gasteiger partial charge in [-0.25, -0.2) is 4.39 Å². The molecule has 1 aromatic carbocycles. The van der Waals surface area contributed by atoms with E-state index < -0.39 is 5.67 Å². The van der Waals surface area contributed by atoms with Crippen LogP contribution in [-0.2, 0) is 5.67 Å². The highest BCUT2D eigenvalue weighted by Crippen LogP contribution is 2.34. The van der Waals surface area contributed by atoms with Crippen LogP contribution in [0.25, 0.3) is 0 Å². The molecule has 0 saturated heterocycles. The van der Waals surface area contributed by atoms with Crippen molar-refractivity contribution < 1.29 is 9.13 Å². The highest BCUT2D eigenvalue weighted by Gasteiger charge is 2.34. The molecule has 1 unspecified atom stereocenters. The Morgan fingerprint density at radius 2 is 1.94 bits per heavy atom. The summed E-state index contributed by atoms with van der Waals surface area (Å²) in [6, 6.07) is 7.23. The Kier molecular flexibility index (Phi) is 3.38. The number of halogens is 1. The fraction of sp³-hybridized carbons (Fsp3) is 0.571. The monoisotopic (exact) mass is 237 g/mol. The number of nitrogens with two attached hydrogens (primary N) is 1. The molecule has 1 saturated carbocycles. The quantitative estimate of drug-likeness (QED) is 0.854. The van der Waals surface area contributed by atoms with E-state index in [1.165, 1.54) is 0 Å². The van der Waals surface area contributed by atoms with Crippen molar-refractivity contribution in [3.63, 3.8) is 0 Å². The molecule has 0 radical (unpaired) electrons. The Balaban J connectivity index is 2.14. The molecule has 17 heavy (non-hydrogen) atoms. The molecule has 1 aromatic rings. The van der Waals surface area contributed by atoms with E-state index in [0.29, 0.717) is 11.7 Å². The summed E-state index contributed by atoms with van der Waals surface area (Å²) in [6.07, 6.45) is 2.63. The van der Waals surface area contributed by atoms with Gasteiger partial charge in [0.1, 0.15) is 11.4 Å². The van der Waals surface area contributed by atoms with Crippen LogP contribution in [-0.4, -0.2) is 12.6 Å². The summed E-state index contributed by atoms with van der Waals surface area (Å²) in [7, 11) is 0. The predicted molar refractivity (Wildman–Crippen MR) is 66.8 cm³/mol. The molecular weight excluding hydrogens is 217 g/mol. The van der Waals surface area contributed by atoms with Crippen molar-refractivity contribution in [1.82, 2.24) is 0 Å². The molecule has 2 N–H and O–H groups in total. The fourth-order valence-corrected chi connectivity index (χ4v) is 1.88. The molecular formula is C14H20FNO. The van der Waals surface area contributed by atoms with E-state index in [4.69, 9.17) is 10.5 Å². The van der Waals surface area contributed by atoms with E-state index in [2.05, 4.69) is 0 Å². The SMILES string of the molecule is CC(C)C(F)(CN)c1ccc(OC2CC2)cc1. The lowest BCUT2D eigenvalue weighted by Crippen LogP contribution is -2.35. The highest BCUT2D eigenvalue weighted by molar-refractivity contribution is 5.32. The Labute approximate surface area is 102 Å². The normalized spacial score (nSPS) is 19.1. The third-order valence-electron chi connectivity index (χ3n) is 3.37. The van der Waals surface area contributed by atoms with Gasteiger partial charge in [-0.1, -0.05) is 26.0 Å². The minimum absolute atomic E-state index is 0.00744. The van der Waals surface area contributed by atoms with Gasteiger partial charge >= 0.3 is 0 Å². The lowest BCUT2D eigenvalue weighted by atomic mass is 9.85. The zero-order valence-corrected chi connectivity index (χ0v) is 10.4. The average Bonchev–Trinajstić information content (AvgIpc) is 3.12. The summed E-state index contributed by atoms with van der Waals surface area (Å²) in [5.41, 5.74) is 4.75. The van der Waals surface area contributed by atoms with Crippen molar-refractivity contribution >= 4 is 0 Å². The number of hydrogen-bond donors (Lipinski definition) is 1. The lowest BCUT2D eigenvalue weighted by Gasteiger charge is -2.28. The van der Waals surface area contributed by atoms with E-state index in [1.807, 2.05) is 26.0 Å². The molecule has 2 nitrogen and oxygen atoms in total. The lowest BCUT2D eigenvalue weighted by molar-refractivity contribution is 0.109. The number of alkyl halides is 1. The van der Waals surface area contributed by atoms with Crippen molar-refractivity contribution in [3.05, 3.63) is 29.8 Å². The average molecular weight is 237 g/mol. The van der Waals surface area contributed by atoms with Crippen LogP contribution >= 0.6 is 0 Å². The van der Waals surface area contributed by atoms with Crippen LogP contribution in [0.1, 0.15) is 32.3 Å². The summed E-state index contributed by atoms with van der Waals surface area (Å²) < 4.78 is 20.2. The highest BCUT2D eigenvalue weighted by atomic mass is 19.1. The second-order valence-electron chi connectivity index (χ2n) is 5.06. The van der Waals surface area contributed by atoms with Gasteiger partial charge in [0, 0.05) is 6.54 Å². The Bertz CT molecular complexity index is 372. The van der Waals surface area contributed by atoms with Crippen molar-refractivity contribution in [1.29, 1.82) is 0 Å². The van der Waals surface area contributed by atoms with Crippen LogP contribution in [0, 0.1) is 5.92 Å². The smallest absolute Gasteiger partial charge is 0.150 e. The summed E-state index contributed by atoms with van der Waals surface area (Å²) >= 11 is 0. The van der Waals surface area contributed by atoms with E-state index >= 15 is 0 Å². The van der Waals surface area contributed by atoms with Gasteiger partial charge in [-0.15, -0.1) is 0 Å². The van der Waals surface area contributed by atoms with Crippen LogP contribution in [0.4, 0.5) is 4.39 Å². The fourth-order valence-electron chi connectivity index (χ4n) is 1.88. The second-order valence-corrected chi connectivity index (χ2v) is 5.06. The molecule has 0 aliphatic heterocycles. The Morgan fingerprint density at radius 1 is 1.35 bits per heavy atom. The first-order valence-electron chi connectivity index (χ1n) is 6.22. The molecule has 1 aliphatic carbocycles. The summed E-state index contributed by atoms with van der Waals surface area (Å²) in [4.78, 5) is 0. The first-order chi connectivity index (χ1) is 8.06. The van der Waals surface area contributed by atoms with Crippen LogP contribution in [0.2, 0.25) is 0 Å². The molecule has 3 heteroatoms. The Hall–Kier alpha value is -1.09. The van der Waals surface area contributed by atoms with Gasteiger partial charge in [-0.05, 0) is 36.5 Å². The van der Waals surface area contributed by atoms with Crippen LogP contribution < -0.4 is 10.5 Å². The van der Waals surface area contributed by atoms with Crippen LogP contribution in [0.5, 0.6) is 5.75 Å². The van der Waals surface area contributed by atoms with E-state index in [1.54, 1.807) is 12.1 Å². The standard InChI is InChI=1S/C14H20FNO/c1-10(2)14(15,9-16)11-3-5-12(6-4-11)17-13-7-8-13/h3-6,10,13H,7-9,16H2,1-2H3. The van der Waals surface area contributed by atoms with Gasteiger partial charge in [-0.2, -0.15) is 0 Å². The molecule has 0 bridgehead atoms. The van der Waals surface area contributed by atoms with Gasteiger partial charge in [0.25, 0.3) is 0 Å². The van der Waals surface area contributed by atoms with Gasteiger partial charge in [-0.3, -0.25) is 0 Å². The minimum atomic E-state index is -1.45. The first-order valence-corrected chi connectivity index (χ1v) is 6.22. The largest absolute Gasteiger partial charge is 0.490 e. The molecule has 0 heterocycles. The maximum absolute atomic E-state index is 14.6. The van der Waals surface area contributed by atoms with E-state index in [9.17, 15) is 4.39 Å². The van der Waals surface area contributed by atoms with Crippen LogP contribution in [0.3, 0.4) is 0 Å². The zero-order chi connectivity index (χ0) is 12.5. The molecule has 94 valence electrons. The van der Waals surface area contributed by atoms with Gasteiger partial charge < -0.3 is 10.5 Å². The van der Waals surface area contributed by atoms with Crippen LogP contribution in [0.15, 0.2) is 24.3 Å². The molecule has 0 amide bonds. The summed E-state index contributed by atoms with van der Waals surface area (Å²) in [5.74, 6) is 0.682. The zero-order valence-electron chi connectivity index (χ0n) is 10.4. The van der Waals surface area contributed by atoms with E-state index in [-0.39, 0.29) is 12.5 Å². The summed E-state index contributed by atoms with van der Waals surface area (Å²) in [5, 5.41) is 0. The topological polar surface area (TPSA) is 35.2 Å².